The molecule has 0 aromatic heterocycles. The van der Waals surface area contributed by atoms with E-state index in [0.717, 1.165) is 5.69 Å². The van der Waals surface area contributed by atoms with Gasteiger partial charge in [0.25, 0.3) is 0 Å². The second-order valence-corrected chi connectivity index (χ2v) is 3.22. The van der Waals surface area contributed by atoms with Crippen LogP contribution in [0.5, 0.6) is 0 Å². The van der Waals surface area contributed by atoms with E-state index in [1.807, 2.05) is 0 Å². The molecule has 0 fully saturated rings. The largest absolute Gasteiger partial charge is 0.387 e. The van der Waals surface area contributed by atoms with E-state index in [4.69, 9.17) is 34.8 Å². The molecule has 0 unspecified atom stereocenters. The Morgan fingerprint density at radius 3 is 2.09 bits per heavy atom. The number of hydrogen-bond acceptors (Lipinski definition) is 1. The Kier molecular flexibility index (Phi) is 2.88. The minimum atomic E-state index is 0.468. The predicted octanol–water partition coefficient (Wildman–Crippen LogP) is 3.69. The third kappa shape index (κ3) is 1.92. The molecule has 4 heteroatoms. The molecule has 0 atom stereocenters. The van der Waals surface area contributed by atoms with Crippen molar-refractivity contribution in [3.05, 3.63) is 27.2 Å². The van der Waals surface area contributed by atoms with Gasteiger partial charge in [-0.05, 0) is 12.1 Å². The molecule has 0 amide bonds. The molecule has 0 bridgehead atoms. The van der Waals surface area contributed by atoms with E-state index in [9.17, 15) is 0 Å². The smallest absolute Gasteiger partial charge is 0.0653 e. The van der Waals surface area contributed by atoms with Crippen molar-refractivity contribution in [3.8, 4) is 0 Å². The molecule has 1 N–H and O–H groups in total. The van der Waals surface area contributed by atoms with Crippen LogP contribution in [0.2, 0.25) is 15.1 Å². The van der Waals surface area contributed by atoms with Crippen LogP contribution in [0.25, 0.3) is 0 Å². The van der Waals surface area contributed by atoms with E-state index >= 15 is 0 Å². The molecule has 11 heavy (non-hydrogen) atoms. The highest BCUT2D eigenvalue weighted by Crippen LogP contribution is 2.31. The lowest BCUT2D eigenvalue weighted by Gasteiger charge is -2.04. The van der Waals surface area contributed by atoms with Crippen LogP contribution in [-0.4, -0.2) is 7.05 Å². The van der Waals surface area contributed by atoms with E-state index in [1.165, 1.54) is 0 Å². The molecule has 0 saturated heterocycles. The van der Waals surface area contributed by atoms with Gasteiger partial charge in [-0.3, -0.25) is 0 Å². The monoisotopic (exact) mass is 209 g/mol. The van der Waals surface area contributed by atoms with E-state index in [1.54, 1.807) is 19.2 Å². The maximum Gasteiger partial charge on any atom is 0.0653 e. The first-order valence-corrected chi connectivity index (χ1v) is 4.11. The maximum atomic E-state index is 5.80. The summed E-state index contributed by atoms with van der Waals surface area (Å²) in [4.78, 5) is 0. The van der Waals surface area contributed by atoms with Gasteiger partial charge in [0.1, 0.15) is 0 Å². The van der Waals surface area contributed by atoms with Crippen molar-refractivity contribution < 1.29 is 0 Å². The molecule has 0 aliphatic heterocycles. The summed E-state index contributed by atoms with van der Waals surface area (Å²) in [5.41, 5.74) is 0.779. The molecule has 1 nitrogen and oxygen atoms in total. The number of anilines is 1. The molecule has 0 saturated carbocycles. The molecule has 1 aromatic carbocycles. The highest BCUT2D eigenvalue weighted by atomic mass is 35.5. The van der Waals surface area contributed by atoms with Gasteiger partial charge in [-0.15, -0.1) is 0 Å². The molecule has 60 valence electrons. The molecule has 1 aromatic rings. The van der Waals surface area contributed by atoms with E-state index < -0.39 is 0 Å². The van der Waals surface area contributed by atoms with Crippen LogP contribution in [0.1, 0.15) is 0 Å². The van der Waals surface area contributed by atoms with E-state index in [-0.39, 0.29) is 0 Å². The average Bonchev–Trinajstić information content (AvgIpc) is 1.97. The van der Waals surface area contributed by atoms with Crippen LogP contribution >= 0.6 is 34.8 Å². The highest BCUT2D eigenvalue weighted by molar-refractivity contribution is 6.44. The van der Waals surface area contributed by atoms with Gasteiger partial charge >= 0.3 is 0 Å². The van der Waals surface area contributed by atoms with Crippen molar-refractivity contribution >= 4 is 40.5 Å². The molecule has 0 aliphatic carbocycles. The summed E-state index contributed by atoms with van der Waals surface area (Å²) < 4.78 is 0. The van der Waals surface area contributed by atoms with Crippen LogP contribution in [0.4, 0.5) is 5.69 Å². The molecular weight excluding hydrogens is 204 g/mol. The molecule has 0 radical (unpaired) electrons. The first-order chi connectivity index (χ1) is 5.15. The summed E-state index contributed by atoms with van der Waals surface area (Å²) in [5.74, 6) is 0. The quantitative estimate of drug-likeness (QED) is 0.697. The maximum absolute atomic E-state index is 5.80. The Labute approximate surface area is 80.3 Å². The summed E-state index contributed by atoms with van der Waals surface area (Å²) in [7, 11) is 1.77. The van der Waals surface area contributed by atoms with E-state index in [0.29, 0.717) is 15.1 Å². The predicted molar refractivity (Wildman–Crippen MR) is 51.0 cm³/mol. The number of nitrogens with one attached hydrogen (secondary N) is 1. The van der Waals surface area contributed by atoms with Gasteiger partial charge in [-0.2, -0.15) is 0 Å². The van der Waals surface area contributed by atoms with Gasteiger partial charge in [-0.25, -0.2) is 0 Å². The van der Waals surface area contributed by atoms with E-state index in [2.05, 4.69) is 5.32 Å². The average molecular weight is 210 g/mol. The minimum absolute atomic E-state index is 0.468. The number of benzene rings is 1. The zero-order chi connectivity index (χ0) is 8.43. The van der Waals surface area contributed by atoms with Crippen molar-refractivity contribution in [3.63, 3.8) is 0 Å². The Hall–Kier alpha value is -0.110. The molecular formula is C7H6Cl3N. The molecule has 1 rings (SSSR count). The zero-order valence-electron chi connectivity index (χ0n) is 5.79. The number of rotatable bonds is 1. The fourth-order valence-corrected chi connectivity index (χ4v) is 1.36. The van der Waals surface area contributed by atoms with Gasteiger partial charge in [0.15, 0.2) is 0 Å². The summed E-state index contributed by atoms with van der Waals surface area (Å²) in [6.07, 6.45) is 0. The zero-order valence-corrected chi connectivity index (χ0v) is 8.06. The van der Waals surface area contributed by atoms with Gasteiger partial charge in [0, 0.05) is 7.05 Å². The Morgan fingerprint density at radius 1 is 1.00 bits per heavy atom. The lowest BCUT2D eigenvalue weighted by Crippen LogP contribution is -1.88. The molecule has 0 spiro atoms. The van der Waals surface area contributed by atoms with Crippen LogP contribution in [-0.2, 0) is 0 Å². The van der Waals surface area contributed by atoms with Crippen LogP contribution < -0.4 is 5.32 Å². The second-order valence-electron chi connectivity index (χ2n) is 2.00. The van der Waals surface area contributed by atoms with Gasteiger partial charge < -0.3 is 5.32 Å². The molecule has 0 aliphatic rings. The standard InChI is InChI=1S/C7H6Cl3N/c1-11-7-3-5(9)4(8)2-6(7)10/h2-3,11H,1H3. The van der Waals surface area contributed by atoms with Crippen LogP contribution in [0.3, 0.4) is 0 Å². The molecule has 0 heterocycles. The summed E-state index contributed by atoms with van der Waals surface area (Å²) in [5, 5.41) is 4.43. The lowest BCUT2D eigenvalue weighted by molar-refractivity contribution is 1.51. The second kappa shape index (κ2) is 3.53. The lowest BCUT2D eigenvalue weighted by atomic mass is 10.3. The van der Waals surface area contributed by atoms with Crippen LogP contribution in [0, 0.1) is 0 Å². The minimum Gasteiger partial charge on any atom is -0.387 e. The fraction of sp³-hybridized carbons (Fsp3) is 0.143. The summed E-state index contributed by atoms with van der Waals surface area (Å²) in [6.45, 7) is 0. The Balaban J connectivity index is 3.21. The third-order valence-corrected chi connectivity index (χ3v) is 2.31. The normalized spacial score (nSPS) is 9.82. The number of halogens is 3. The summed E-state index contributed by atoms with van der Waals surface area (Å²) >= 11 is 17.2. The van der Waals surface area contributed by atoms with Crippen molar-refractivity contribution in [2.24, 2.45) is 0 Å². The number of hydrogen-bond donors (Lipinski definition) is 1. The first-order valence-electron chi connectivity index (χ1n) is 2.97. The third-order valence-electron chi connectivity index (χ3n) is 1.28. The van der Waals surface area contributed by atoms with Crippen molar-refractivity contribution in [1.82, 2.24) is 0 Å². The van der Waals surface area contributed by atoms with Crippen molar-refractivity contribution in [1.29, 1.82) is 0 Å². The van der Waals surface area contributed by atoms with Gasteiger partial charge in [0.05, 0.1) is 20.8 Å². The van der Waals surface area contributed by atoms with Gasteiger partial charge in [0.2, 0.25) is 0 Å². The first kappa shape index (κ1) is 8.98. The fourth-order valence-electron chi connectivity index (χ4n) is 0.714. The van der Waals surface area contributed by atoms with Crippen molar-refractivity contribution in [2.75, 3.05) is 12.4 Å². The summed E-state index contributed by atoms with van der Waals surface area (Å²) in [6, 6.07) is 3.30. The topological polar surface area (TPSA) is 12.0 Å². The van der Waals surface area contributed by atoms with Gasteiger partial charge in [-0.1, -0.05) is 34.8 Å². The SMILES string of the molecule is CNc1cc(Cl)c(Cl)cc1Cl. The Morgan fingerprint density at radius 2 is 1.55 bits per heavy atom. The van der Waals surface area contributed by atoms with Crippen LogP contribution in [0.15, 0.2) is 12.1 Å². The Bertz CT molecular complexity index is 273. The highest BCUT2D eigenvalue weighted by Gasteiger charge is 2.03. The van der Waals surface area contributed by atoms with Crippen molar-refractivity contribution in [2.45, 2.75) is 0 Å².